The van der Waals surface area contributed by atoms with Crippen LogP contribution in [-0.2, 0) is 7.05 Å². The Morgan fingerprint density at radius 3 is 2.53 bits per heavy atom. The zero-order chi connectivity index (χ0) is 13.4. The summed E-state index contributed by atoms with van der Waals surface area (Å²) in [6.45, 7) is 2.00. The van der Waals surface area contributed by atoms with Crippen LogP contribution >= 0.6 is 0 Å². The van der Waals surface area contributed by atoms with E-state index in [1.807, 2.05) is 50.0 Å². The second-order valence-corrected chi connectivity index (χ2v) is 4.52. The third-order valence-electron chi connectivity index (χ3n) is 3.42. The quantitative estimate of drug-likeness (QED) is 0.654. The predicted octanol–water partition coefficient (Wildman–Crippen LogP) is 2.20. The van der Waals surface area contributed by atoms with E-state index in [2.05, 4.69) is 32.7 Å². The molecule has 0 amide bonds. The second kappa shape index (κ2) is 4.39. The van der Waals surface area contributed by atoms with E-state index in [1.54, 1.807) is 0 Å². The minimum Gasteiger partial charge on any atom is -0.318 e. The molecule has 3 rings (SSSR count). The number of hydrogen-bond donors (Lipinski definition) is 0. The molecule has 0 bridgehead atoms. The van der Waals surface area contributed by atoms with Crippen LogP contribution in [0.3, 0.4) is 0 Å². The molecule has 4 heteroatoms. The van der Waals surface area contributed by atoms with E-state index in [0.29, 0.717) is 0 Å². The average molecular weight is 252 g/mol. The molecular formula is C15H16N4. The Morgan fingerprint density at radius 2 is 1.84 bits per heavy atom. The molecule has 96 valence electrons. The molecule has 4 nitrogen and oxygen atoms in total. The van der Waals surface area contributed by atoms with Gasteiger partial charge in [-0.25, -0.2) is 4.98 Å². The number of benzene rings is 1. The minimum atomic E-state index is 0.947. The number of aromatic nitrogens is 3. The lowest BCUT2D eigenvalue weighted by molar-refractivity contribution is 0.767. The fourth-order valence-electron chi connectivity index (χ4n) is 2.34. The zero-order valence-corrected chi connectivity index (χ0v) is 11.3. The summed E-state index contributed by atoms with van der Waals surface area (Å²) in [5.41, 5.74) is 3.01. The highest BCUT2D eigenvalue weighted by Gasteiger charge is 2.09. The Bertz CT molecular complexity index is 794. The van der Waals surface area contributed by atoms with Gasteiger partial charge in [0.15, 0.2) is 0 Å². The van der Waals surface area contributed by atoms with Gasteiger partial charge in [0.25, 0.3) is 0 Å². The first-order valence-corrected chi connectivity index (χ1v) is 6.25. The highest BCUT2D eigenvalue weighted by Crippen LogP contribution is 2.16. The van der Waals surface area contributed by atoms with Crippen LogP contribution in [0.1, 0.15) is 5.82 Å². The van der Waals surface area contributed by atoms with Crippen LogP contribution < -0.4 is 5.49 Å². The smallest absolute Gasteiger partial charge is 0.150 e. The van der Waals surface area contributed by atoms with E-state index in [0.717, 1.165) is 28.0 Å². The lowest BCUT2D eigenvalue weighted by Gasteiger charge is -2.08. The molecule has 2 aromatic heterocycles. The Morgan fingerprint density at radius 1 is 1.11 bits per heavy atom. The van der Waals surface area contributed by atoms with Crippen molar-refractivity contribution in [1.82, 2.24) is 14.1 Å². The summed E-state index contributed by atoms with van der Waals surface area (Å²) in [5, 5.41) is 1.07. The predicted molar refractivity (Wildman–Crippen MR) is 76.3 cm³/mol. The van der Waals surface area contributed by atoms with Gasteiger partial charge in [0.05, 0.1) is 5.39 Å². The summed E-state index contributed by atoms with van der Waals surface area (Å²) in [6, 6.07) is 12.3. The normalized spacial score (nSPS) is 12.3. The van der Waals surface area contributed by atoms with E-state index in [-0.39, 0.29) is 0 Å². The molecule has 0 saturated carbocycles. The standard InChI is InChI=1S/C15H16N4/c1-11-17-15-13(14(16-2)18(11)3)9-10-19(15)12-7-5-4-6-8-12/h4-10H,1-3H3/b16-14+. The van der Waals surface area contributed by atoms with Crippen molar-refractivity contribution in [2.24, 2.45) is 12.0 Å². The van der Waals surface area contributed by atoms with Crippen LogP contribution in [0.15, 0.2) is 47.6 Å². The third kappa shape index (κ3) is 1.76. The summed E-state index contributed by atoms with van der Waals surface area (Å²) in [7, 11) is 3.80. The van der Waals surface area contributed by atoms with E-state index in [9.17, 15) is 0 Å². The molecule has 0 aliphatic heterocycles. The number of aryl methyl sites for hydroxylation is 1. The Balaban J connectivity index is 2.40. The van der Waals surface area contributed by atoms with Crippen molar-refractivity contribution in [3.63, 3.8) is 0 Å². The van der Waals surface area contributed by atoms with Gasteiger partial charge in [-0.3, -0.25) is 4.99 Å². The van der Waals surface area contributed by atoms with Gasteiger partial charge in [0, 0.05) is 26.0 Å². The molecule has 0 spiro atoms. The van der Waals surface area contributed by atoms with Crippen LogP contribution in [0.4, 0.5) is 0 Å². The van der Waals surface area contributed by atoms with Gasteiger partial charge in [0.2, 0.25) is 0 Å². The van der Waals surface area contributed by atoms with Crippen LogP contribution in [-0.4, -0.2) is 21.2 Å². The van der Waals surface area contributed by atoms with Gasteiger partial charge < -0.3 is 9.13 Å². The first-order chi connectivity index (χ1) is 9.22. The molecule has 19 heavy (non-hydrogen) atoms. The van der Waals surface area contributed by atoms with Crippen molar-refractivity contribution in [1.29, 1.82) is 0 Å². The fraction of sp³-hybridized carbons (Fsp3) is 0.200. The van der Waals surface area contributed by atoms with Crippen molar-refractivity contribution in [3.05, 3.63) is 53.9 Å². The molecule has 1 aromatic carbocycles. The molecule has 0 atom stereocenters. The number of nitrogens with zero attached hydrogens (tertiary/aromatic N) is 4. The van der Waals surface area contributed by atoms with Crippen molar-refractivity contribution in [2.75, 3.05) is 7.05 Å². The summed E-state index contributed by atoms with van der Waals surface area (Å²) in [6.07, 6.45) is 2.04. The maximum Gasteiger partial charge on any atom is 0.150 e. The number of hydrogen-bond acceptors (Lipinski definition) is 2. The van der Waals surface area contributed by atoms with E-state index < -0.39 is 0 Å². The summed E-state index contributed by atoms with van der Waals surface area (Å²) in [4.78, 5) is 9.06. The first-order valence-electron chi connectivity index (χ1n) is 6.25. The molecule has 0 aliphatic rings. The number of fused-ring (bicyclic) bond motifs is 1. The van der Waals surface area contributed by atoms with Crippen molar-refractivity contribution in [2.45, 2.75) is 6.92 Å². The van der Waals surface area contributed by atoms with E-state index in [4.69, 9.17) is 0 Å². The maximum absolute atomic E-state index is 4.69. The number of para-hydroxylation sites is 1. The zero-order valence-electron chi connectivity index (χ0n) is 11.3. The lowest BCUT2D eigenvalue weighted by atomic mass is 10.3. The SMILES string of the molecule is C/N=c1\c2ccn(-c3ccccc3)c2nc(C)n1C. The summed E-state index contributed by atoms with van der Waals surface area (Å²) >= 11 is 0. The van der Waals surface area contributed by atoms with Crippen LogP contribution in [0.25, 0.3) is 16.7 Å². The van der Waals surface area contributed by atoms with Gasteiger partial charge in [-0.1, -0.05) is 18.2 Å². The third-order valence-corrected chi connectivity index (χ3v) is 3.42. The van der Waals surface area contributed by atoms with Gasteiger partial charge in [-0.2, -0.15) is 0 Å². The van der Waals surface area contributed by atoms with Gasteiger partial charge >= 0.3 is 0 Å². The molecule has 0 saturated heterocycles. The molecule has 0 radical (unpaired) electrons. The topological polar surface area (TPSA) is 35.1 Å². The molecular weight excluding hydrogens is 236 g/mol. The minimum absolute atomic E-state index is 0.947. The van der Waals surface area contributed by atoms with Gasteiger partial charge in [-0.05, 0) is 25.1 Å². The maximum atomic E-state index is 4.69. The van der Waals surface area contributed by atoms with Gasteiger partial charge in [0.1, 0.15) is 17.0 Å². The lowest BCUT2D eigenvalue weighted by Crippen LogP contribution is -2.22. The van der Waals surface area contributed by atoms with Crippen LogP contribution in [0, 0.1) is 6.92 Å². The monoisotopic (exact) mass is 252 g/mol. The average Bonchev–Trinajstić information content (AvgIpc) is 2.84. The summed E-state index contributed by atoms with van der Waals surface area (Å²) < 4.78 is 4.11. The van der Waals surface area contributed by atoms with Crippen molar-refractivity contribution >= 4 is 11.0 Å². The Labute approximate surface area is 111 Å². The number of rotatable bonds is 1. The summed E-state index contributed by atoms with van der Waals surface area (Å²) in [5.74, 6) is 0.948. The first kappa shape index (κ1) is 11.7. The van der Waals surface area contributed by atoms with Crippen molar-refractivity contribution < 1.29 is 0 Å². The molecule has 0 fully saturated rings. The molecule has 0 N–H and O–H groups in total. The van der Waals surface area contributed by atoms with E-state index in [1.165, 1.54) is 0 Å². The highest BCUT2D eigenvalue weighted by molar-refractivity contribution is 5.77. The fourth-order valence-corrected chi connectivity index (χ4v) is 2.34. The van der Waals surface area contributed by atoms with Gasteiger partial charge in [-0.15, -0.1) is 0 Å². The Kier molecular flexibility index (Phi) is 2.71. The highest BCUT2D eigenvalue weighted by atomic mass is 15.1. The second-order valence-electron chi connectivity index (χ2n) is 4.52. The Hall–Kier alpha value is -2.36. The van der Waals surface area contributed by atoms with E-state index >= 15 is 0 Å². The largest absolute Gasteiger partial charge is 0.318 e. The molecule has 2 heterocycles. The molecule has 3 aromatic rings. The molecule has 0 unspecified atom stereocenters. The van der Waals surface area contributed by atoms with Crippen LogP contribution in [0.2, 0.25) is 0 Å². The van der Waals surface area contributed by atoms with Crippen LogP contribution in [0.5, 0.6) is 0 Å². The molecule has 0 aliphatic carbocycles. The van der Waals surface area contributed by atoms with Crippen molar-refractivity contribution in [3.8, 4) is 5.69 Å².